The maximum absolute atomic E-state index is 12.2. The first-order chi connectivity index (χ1) is 9.87. The first-order valence-electron chi connectivity index (χ1n) is 6.32. The van der Waals surface area contributed by atoms with Gasteiger partial charge in [0.2, 0.25) is 0 Å². The smallest absolute Gasteiger partial charge is 0.384 e. The van der Waals surface area contributed by atoms with Crippen LogP contribution in [0.5, 0.6) is 0 Å². The van der Waals surface area contributed by atoms with E-state index in [1.807, 2.05) is 0 Å². The topological polar surface area (TPSA) is 106 Å². The fraction of sp³-hybridized carbons (Fsp3) is 0.727. The minimum Gasteiger partial charge on any atom is -0.384 e. The molecule has 0 unspecified atom stereocenters. The van der Waals surface area contributed by atoms with Crippen LogP contribution < -0.4 is 29.6 Å². The summed E-state index contributed by atoms with van der Waals surface area (Å²) in [6.07, 6.45) is 2.35. The molecular weight excluding hydrogens is 327 g/mol. The van der Waals surface area contributed by atoms with Gasteiger partial charge in [-0.2, -0.15) is 13.5 Å². The van der Waals surface area contributed by atoms with Crippen molar-refractivity contribution in [3.8, 4) is 0 Å². The predicted octanol–water partition coefficient (Wildman–Crippen LogP) is -3.06. The van der Waals surface area contributed by atoms with Crippen LogP contribution in [0.2, 0.25) is 0 Å². The molecule has 11 heteroatoms. The molecule has 2 atom stereocenters. The number of nitrogens with zero attached hydrogens (tertiary/aromatic N) is 2. The van der Waals surface area contributed by atoms with Crippen LogP contribution in [0.1, 0.15) is 7.85 Å². The normalized spacial score (nSPS) is 24.3. The summed E-state index contributed by atoms with van der Waals surface area (Å²) in [5.74, 6) is 0. The zero-order valence-corrected chi connectivity index (χ0v) is 15.6. The molecule has 2 bridgehead atoms. The summed E-state index contributed by atoms with van der Waals surface area (Å²) in [6.45, 7) is 1.03. The van der Waals surface area contributed by atoms with E-state index in [1.165, 1.54) is 12.0 Å². The van der Waals surface area contributed by atoms with Gasteiger partial charge in [-0.1, -0.05) is 6.08 Å². The van der Waals surface area contributed by atoms with Gasteiger partial charge in [-0.25, -0.2) is 4.79 Å². The fourth-order valence-electron chi connectivity index (χ4n) is 2.57. The van der Waals surface area contributed by atoms with Gasteiger partial charge in [0.15, 0.2) is 0 Å². The molecule has 1 fully saturated rings. The number of ether oxygens (including phenoxy) is 2. The predicted molar refractivity (Wildman–Crippen MR) is 71.7 cm³/mol. The van der Waals surface area contributed by atoms with Crippen molar-refractivity contribution in [1.29, 1.82) is 0 Å². The number of carbonyl (C=O) groups excluding carboxylic acids is 1. The molecule has 22 heavy (non-hydrogen) atoms. The summed E-state index contributed by atoms with van der Waals surface area (Å²) in [7, 11) is -1.66. The minimum atomic E-state index is -4.75. The summed E-state index contributed by atoms with van der Waals surface area (Å²) in [6, 6.07) is -1.49. The van der Waals surface area contributed by atoms with Gasteiger partial charge in [-0.3, -0.25) is 4.55 Å². The summed E-state index contributed by atoms with van der Waals surface area (Å²) < 4.78 is 45.0. The first-order valence-corrected chi connectivity index (χ1v) is 7.69. The quantitative estimate of drug-likeness (QED) is 0.296. The summed E-state index contributed by atoms with van der Waals surface area (Å²) in [5.41, 5.74) is 0.907. The van der Waals surface area contributed by atoms with E-state index >= 15 is 0 Å². The SMILES string of the molecule is COCCC1=C[C@@H]2CN(C(=O)N2OS(=O)(=O)O)[C@@H]1COC.[H+].[Na+]. The largest absolute Gasteiger partial charge is 1.00 e. The molecule has 2 aliphatic rings. The van der Waals surface area contributed by atoms with Crippen molar-refractivity contribution in [2.24, 2.45) is 0 Å². The second kappa shape index (κ2) is 8.06. The summed E-state index contributed by atoms with van der Waals surface area (Å²) >= 11 is 0. The molecule has 2 heterocycles. The van der Waals surface area contributed by atoms with Crippen molar-refractivity contribution in [1.82, 2.24) is 9.96 Å². The minimum absolute atomic E-state index is 0. The third kappa shape index (κ3) is 4.42. The molecule has 9 nitrogen and oxygen atoms in total. The molecular formula is C11H19N2NaO7S+2. The van der Waals surface area contributed by atoms with E-state index in [4.69, 9.17) is 14.0 Å². The second-order valence-electron chi connectivity index (χ2n) is 4.79. The summed E-state index contributed by atoms with van der Waals surface area (Å²) in [5, 5.41) is 0.664. The Bertz CT molecular complexity index is 544. The van der Waals surface area contributed by atoms with Gasteiger partial charge in [-0.15, -0.1) is 4.28 Å². The molecule has 0 spiro atoms. The number of carbonyl (C=O) groups is 1. The Labute approximate surface area is 152 Å². The Balaban J connectivity index is 0.00000242. The van der Waals surface area contributed by atoms with Crippen LogP contribution in [0.15, 0.2) is 11.6 Å². The number of methoxy groups -OCH3 is 2. The number of hydroxylamine groups is 2. The van der Waals surface area contributed by atoms with E-state index in [0.717, 1.165) is 5.57 Å². The Kier molecular flexibility index (Phi) is 7.27. The molecule has 0 aromatic heterocycles. The van der Waals surface area contributed by atoms with Gasteiger partial charge in [0.25, 0.3) is 0 Å². The van der Waals surface area contributed by atoms with E-state index in [0.29, 0.717) is 18.1 Å². The molecule has 2 aliphatic heterocycles. The van der Waals surface area contributed by atoms with Crippen molar-refractivity contribution in [2.45, 2.75) is 18.5 Å². The molecule has 120 valence electrons. The zero-order valence-electron chi connectivity index (χ0n) is 13.8. The van der Waals surface area contributed by atoms with Crippen molar-refractivity contribution < 1.29 is 62.5 Å². The summed E-state index contributed by atoms with van der Waals surface area (Å²) in [4.78, 5) is 13.7. The van der Waals surface area contributed by atoms with Gasteiger partial charge in [-0.05, 0) is 12.0 Å². The van der Waals surface area contributed by atoms with Crippen LogP contribution in [-0.2, 0) is 24.2 Å². The average molecular weight is 346 g/mol. The number of amides is 2. The van der Waals surface area contributed by atoms with Gasteiger partial charge >= 0.3 is 47.4 Å². The zero-order chi connectivity index (χ0) is 15.6. The van der Waals surface area contributed by atoms with Gasteiger partial charge in [0, 0.05) is 27.4 Å². The van der Waals surface area contributed by atoms with Crippen molar-refractivity contribution in [3.05, 3.63) is 11.6 Å². The maximum atomic E-state index is 12.2. The number of hydrogen-bond donors (Lipinski definition) is 1. The Morgan fingerprint density at radius 3 is 2.64 bits per heavy atom. The molecule has 2 amide bonds. The van der Waals surface area contributed by atoms with E-state index in [-0.39, 0.29) is 50.2 Å². The van der Waals surface area contributed by atoms with E-state index < -0.39 is 22.5 Å². The molecule has 1 saturated heterocycles. The third-order valence-corrected chi connectivity index (χ3v) is 3.77. The number of rotatable bonds is 7. The van der Waals surface area contributed by atoms with Crippen molar-refractivity contribution >= 4 is 16.4 Å². The van der Waals surface area contributed by atoms with Gasteiger partial charge in [0.1, 0.15) is 0 Å². The van der Waals surface area contributed by atoms with Crippen LogP contribution >= 0.6 is 0 Å². The van der Waals surface area contributed by atoms with E-state index in [9.17, 15) is 13.2 Å². The molecule has 2 rings (SSSR count). The van der Waals surface area contributed by atoms with Crippen LogP contribution in [0.3, 0.4) is 0 Å². The standard InChI is InChI=1S/C11H18N2O7S.Na/c1-18-4-3-8-5-9-6-12(10(8)7-19-2)11(14)13(9)20-21(15,16)17;/h5,9-10H,3-4,6-7H2,1-2H3,(H,15,16,17);/q;+1/p+1/t9-,10-;/m1./s1. The average Bonchev–Trinajstić information content (AvgIpc) is 2.64. The Hall–Kier alpha value is -0.200. The second-order valence-corrected chi connectivity index (χ2v) is 5.79. The van der Waals surface area contributed by atoms with Crippen LogP contribution in [0.4, 0.5) is 4.79 Å². The van der Waals surface area contributed by atoms with Gasteiger partial charge in [0.05, 0.1) is 18.7 Å². The van der Waals surface area contributed by atoms with Crippen molar-refractivity contribution in [3.63, 3.8) is 0 Å². The van der Waals surface area contributed by atoms with Crippen molar-refractivity contribution in [2.75, 3.05) is 34.0 Å². The van der Waals surface area contributed by atoms with E-state index in [1.54, 1.807) is 13.2 Å². The first kappa shape index (κ1) is 19.8. The molecule has 0 aromatic carbocycles. The Morgan fingerprint density at radius 2 is 2.09 bits per heavy atom. The van der Waals surface area contributed by atoms with Gasteiger partial charge < -0.3 is 14.4 Å². The fourth-order valence-corrected chi connectivity index (χ4v) is 2.95. The molecule has 0 aliphatic carbocycles. The number of urea groups is 1. The Morgan fingerprint density at radius 1 is 1.41 bits per heavy atom. The number of hydrogen-bond acceptors (Lipinski definition) is 6. The monoisotopic (exact) mass is 346 g/mol. The van der Waals surface area contributed by atoms with E-state index in [2.05, 4.69) is 4.28 Å². The third-order valence-electron chi connectivity index (χ3n) is 3.42. The number of fused-ring (bicyclic) bond motifs is 2. The van der Waals surface area contributed by atoms with Crippen LogP contribution in [0, 0.1) is 0 Å². The molecule has 1 N–H and O–H groups in total. The maximum Gasteiger partial charge on any atom is 1.00 e. The molecule has 0 radical (unpaired) electrons. The molecule has 0 aromatic rings. The van der Waals surface area contributed by atoms with Crippen LogP contribution in [0.25, 0.3) is 0 Å². The molecule has 0 saturated carbocycles. The van der Waals surface area contributed by atoms with Crippen LogP contribution in [-0.4, -0.2) is 75.0 Å².